The molecule has 0 aliphatic carbocycles. The van der Waals surface area contributed by atoms with Crippen molar-refractivity contribution in [1.29, 1.82) is 0 Å². The van der Waals surface area contributed by atoms with Crippen molar-refractivity contribution in [2.24, 2.45) is 0 Å². The third-order valence-electron chi connectivity index (χ3n) is 6.66. The molecule has 0 unspecified atom stereocenters. The third-order valence-corrected chi connectivity index (χ3v) is 8.49. The van der Waals surface area contributed by atoms with E-state index < -0.39 is 58.4 Å². The maximum Gasteiger partial charge on any atom is 0.471 e. The van der Waals surface area contributed by atoms with Crippen molar-refractivity contribution in [3.05, 3.63) is 18.3 Å². The second-order valence-electron chi connectivity index (χ2n) is 8.79. The second kappa shape index (κ2) is 9.38. The van der Waals surface area contributed by atoms with Gasteiger partial charge >= 0.3 is 24.1 Å². The van der Waals surface area contributed by atoms with E-state index in [1.807, 2.05) is 0 Å². The number of carbonyl (C=O) groups excluding carboxylic acids is 1. The maximum atomic E-state index is 13.3. The number of aromatic nitrogens is 1. The summed E-state index contributed by atoms with van der Waals surface area (Å²) >= 11 is 0. The molecule has 3 atom stereocenters. The zero-order chi connectivity index (χ0) is 26.4. The van der Waals surface area contributed by atoms with E-state index in [-0.39, 0.29) is 49.7 Å². The molecule has 1 aromatic heterocycles. The smallest absolute Gasteiger partial charge is 0.471 e. The molecule has 1 aromatic rings. The van der Waals surface area contributed by atoms with E-state index in [1.54, 1.807) is 0 Å². The van der Waals surface area contributed by atoms with Crippen LogP contribution in [0.4, 0.5) is 18.0 Å². The lowest BCUT2D eigenvalue weighted by atomic mass is 10.1. The average molecular weight is 536 g/mol. The molecule has 4 rings (SSSR count). The van der Waals surface area contributed by atoms with Crippen LogP contribution >= 0.6 is 0 Å². The normalized spacial score (nSPS) is 25.6. The minimum Gasteiger partial charge on any atom is -0.480 e. The van der Waals surface area contributed by atoms with Gasteiger partial charge in [0.25, 0.3) is 0 Å². The Morgan fingerprint density at radius 3 is 2.25 bits per heavy atom. The molecular weight excluding hydrogens is 513 g/mol. The summed E-state index contributed by atoms with van der Waals surface area (Å²) in [4.78, 5) is 40.2. The zero-order valence-electron chi connectivity index (χ0n) is 18.7. The molecule has 3 fully saturated rings. The Balaban J connectivity index is 1.44. The van der Waals surface area contributed by atoms with Crippen molar-refractivity contribution in [2.75, 3.05) is 19.6 Å². The number of sulfonamides is 1. The highest BCUT2D eigenvalue weighted by Crippen LogP contribution is 2.37. The van der Waals surface area contributed by atoms with Crippen LogP contribution in [0.5, 0.6) is 5.88 Å². The Morgan fingerprint density at radius 2 is 1.72 bits per heavy atom. The number of rotatable bonds is 5. The van der Waals surface area contributed by atoms with E-state index in [9.17, 15) is 46.2 Å². The predicted octanol–water partition coefficient (Wildman–Crippen LogP) is 0.982. The quantitative estimate of drug-likeness (QED) is 0.560. The van der Waals surface area contributed by atoms with Crippen LogP contribution in [0.25, 0.3) is 0 Å². The Bertz CT molecular complexity index is 1140. The number of nitrogens with zero attached hydrogens (tertiary/aromatic N) is 4. The number of piperazine rings is 1. The summed E-state index contributed by atoms with van der Waals surface area (Å²) in [7, 11) is -4.35. The number of hydrogen-bond donors (Lipinski definition) is 2. The standard InChI is InChI=1S/C20H23F3N4O8S/c21-20(22,23)18(30)25-7-5-12(6-8-25)35-15-4-2-13(9-24-15)36(33,34)26-10-11-1-3-14(16(26)17(28)29)27(11)19(31)32/h2,4,9,11-12,14,16H,1,3,5-8,10H2,(H,28,29)(H,31,32)/t11-,14+,16+/m1/s1. The van der Waals surface area contributed by atoms with E-state index in [0.29, 0.717) is 11.3 Å². The number of halogens is 3. The summed E-state index contributed by atoms with van der Waals surface area (Å²) in [5, 5.41) is 19.2. The fourth-order valence-corrected chi connectivity index (χ4v) is 6.59. The first-order chi connectivity index (χ1) is 16.8. The minimum absolute atomic E-state index is 0.0140. The molecule has 0 radical (unpaired) electrons. The number of fused-ring (bicyclic) bond motifs is 2. The largest absolute Gasteiger partial charge is 0.480 e. The molecule has 0 saturated carbocycles. The molecule has 3 aliphatic heterocycles. The lowest BCUT2D eigenvalue weighted by Gasteiger charge is -2.42. The van der Waals surface area contributed by atoms with Crippen LogP contribution in [0.2, 0.25) is 0 Å². The molecule has 3 saturated heterocycles. The highest BCUT2D eigenvalue weighted by atomic mass is 32.2. The first-order valence-electron chi connectivity index (χ1n) is 11.1. The lowest BCUT2D eigenvalue weighted by Crippen LogP contribution is -2.64. The van der Waals surface area contributed by atoms with Crippen molar-refractivity contribution in [3.8, 4) is 5.88 Å². The number of carboxylic acids is 1. The van der Waals surface area contributed by atoms with Crippen LogP contribution < -0.4 is 4.74 Å². The molecule has 36 heavy (non-hydrogen) atoms. The van der Waals surface area contributed by atoms with Crippen molar-refractivity contribution in [1.82, 2.24) is 19.1 Å². The minimum atomic E-state index is -4.95. The number of carbonyl (C=O) groups is 3. The van der Waals surface area contributed by atoms with Gasteiger partial charge in [-0.3, -0.25) is 14.5 Å². The maximum absolute atomic E-state index is 13.3. The molecule has 198 valence electrons. The average Bonchev–Trinajstić information content (AvgIpc) is 3.11. The van der Waals surface area contributed by atoms with Gasteiger partial charge in [-0.05, 0) is 18.9 Å². The molecular formula is C20H23F3N4O8S. The van der Waals surface area contributed by atoms with Crippen molar-refractivity contribution < 1.29 is 50.9 Å². The highest BCUT2D eigenvalue weighted by Gasteiger charge is 2.55. The summed E-state index contributed by atoms with van der Waals surface area (Å²) in [6.45, 7) is -0.622. The molecule has 0 aromatic carbocycles. The SMILES string of the molecule is O=C(O)[C@@H]1[C@@H]2CC[C@H](CN1S(=O)(=O)c1ccc(OC3CCN(C(=O)C(F)(F)F)CC3)nc1)N2C(=O)O. The summed E-state index contributed by atoms with van der Waals surface area (Å²) in [6, 6.07) is -0.851. The Morgan fingerprint density at radius 1 is 1.06 bits per heavy atom. The van der Waals surface area contributed by atoms with Gasteiger partial charge in [-0.2, -0.15) is 17.5 Å². The van der Waals surface area contributed by atoms with Crippen molar-refractivity contribution >= 4 is 28.0 Å². The van der Waals surface area contributed by atoms with Gasteiger partial charge in [0.05, 0.1) is 12.2 Å². The topological polar surface area (TPSA) is 158 Å². The number of likely N-dealkylation sites (tertiary alicyclic amines) is 1. The van der Waals surface area contributed by atoms with Crippen LogP contribution in [0.3, 0.4) is 0 Å². The van der Waals surface area contributed by atoms with Crippen LogP contribution in [0.15, 0.2) is 23.2 Å². The zero-order valence-corrected chi connectivity index (χ0v) is 19.5. The van der Waals surface area contributed by atoms with E-state index in [1.165, 1.54) is 12.1 Å². The molecule has 2 N–H and O–H groups in total. The van der Waals surface area contributed by atoms with Gasteiger partial charge in [-0.1, -0.05) is 0 Å². The van der Waals surface area contributed by atoms with Gasteiger partial charge in [0.1, 0.15) is 17.0 Å². The number of alkyl halides is 3. The molecule has 12 nitrogen and oxygen atoms in total. The highest BCUT2D eigenvalue weighted by molar-refractivity contribution is 7.89. The number of carboxylic acid groups (broad SMARTS) is 2. The van der Waals surface area contributed by atoms with Gasteiger partial charge in [-0.15, -0.1) is 0 Å². The molecule has 3 aliphatic rings. The fraction of sp³-hybridized carbons (Fsp3) is 0.600. The van der Waals surface area contributed by atoms with Gasteiger partial charge in [0.15, 0.2) is 0 Å². The second-order valence-corrected chi connectivity index (χ2v) is 10.7. The van der Waals surface area contributed by atoms with Crippen molar-refractivity contribution in [3.63, 3.8) is 0 Å². The summed E-state index contributed by atoms with van der Waals surface area (Å²) < 4.78 is 70.7. The number of pyridine rings is 1. The first-order valence-corrected chi connectivity index (χ1v) is 12.5. The molecule has 2 amide bonds. The lowest BCUT2D eigenvalue weighted by molar-refractivity contribution is -0.187. The van der Waals surface area contributed by atoms with Gasteiger partial charge in [-0.25, -0.2) is 18.2 Å². The number of piperidine rings is 1. The molecule has 16 heteroatoms. The van der Waals surface area contributed by atoms with E-state index in [2.05, 4.69) is 4.98 Å². The number of amides is 2. The van der Waals surface area contributed by atoms with Gasteiger partial charge in [0.2, 0.25) is 15.9 Å². The van der Waals surface area contributed by atoms with Crippen molar-refractivity contribution in [2.45, 2.75) is 61.0 Å². The van der Waals surface area contributed by atoms with Crippen LogP contribution in [-0.4, -0.2) is 106 Å². The van der Waals surface area contributed by atoms with E-state index in [0.717, 1.165) is 15.4 Å². The Kier molecular flexibility index (Phi) is 6.76. The Hall–Kier alpha value is -3.14. The first kappa shape index (κ1) is 25.9. The van der Waals surface area contributed by atoms with Crippen LogP contribution in [0, 0.1) is 0 Å². The fourth-order valence-electron chi connectivity index (χ4n) is 5.00. The molecule has 2 bridgehead atoms. The van der Waals surface area contributed by atoms with Crippen LogP contribution in [0.1, 0.15) is 25.7 Å². The number of ether oxygens (including phenoxy) is 1. The monoisotopic (exact) mass is 536 g/mol. The summed E-state index contributed by atoms with van der Waals surface area (Å²) in [5.41, 5.74) is 0. The summed E-state index contributed by atoms with van der Waals surface area (Å²) in [6.07, 6.45) is -4.99. The molecule has 0 spiro atoms. The third kappa shape index (κ3) is 4.78. The molecule has 4 heterocycles. The summed E-state index contributed by atoms with van der Waals surface area (Å²) in [5.74, 6) is -3.36. The van der Waals surface area contributed by atoms with Gasteiger partial charge in [0, 0.05) is 44.6 Å². The Labute approximate surface area is 203 Å². The van der Waals surface area contributed by atoms with E-state index in [4.69, 9.17) is 4.74 Å². The number of hydrogen-bond acceptors (Lipinski definition) is 7. The predicted molar refractivity (Wildman–Crippen MR) is 113 cm³/mol. The van der Waals surface area contributed by atoms with Crippen LogP contribution in [-0.2, 0) is 19.6 Å². The van der Waals surface area contributed by atoms with E-state index >= 15 is 0 Å². The van der Waals surface area contributed by atoms with Gasteiger partial charge < -0.3 is 19.8 Å². The number of aliphatic carboxylic acids is 1.